The summed E-state index contributed by atoms with van der Waals surface area (Å²) >= 11 is 0. The standard InChI is InChI=1S/C23H31B8N7O/c1-11-33-10-16(37(11)2)14-4-3-13-9-34-17(8-15(13)35-14)36-19(39)12-5-6-32-18(7-12)38-22(28,29)20(24,25)21(26,27)23(38,30)31/h3-10H,24-31H2,1-2H3,(H,34,36,39). The van der Waals surface area contributed by atoms with Crippen LogP contribution >= 0.6 is 0 Å². The molecule has 5 rings (SSSR count). The van der Waals surface area contributed by atoms with E-state index in [1.165, 1.54) is 0 Å². The van der Waals surface area contributed by atoms with Crippen LogP contribution in [0.4, 0.5) is 11.6 Å². The monoisotopic (exact) mass is 509 g/mol. The first-order chi connectivity index (χ1) is 18.1. The summed E-state index contributed by atoms with van der Waals surface area (Å²) in [5.74, 6) is 1.91. The Labute approximate surface area is 237 Å². The lowest BCUT2D eigenvalue weighted by molar-refractivity contribution is 0.102. The van der Waals surface area contributed by atoms with Crippen molar-refractivity contribution in [3.8, 4) is 11.4 Å². The molecule has 39 heavy (non-hydrogen) atoms. The molecule has 0 aliphatic carbocycles. The zero-order chi connectivity index (χ0) is 28.5. The number of aryl methyl sites for hydroxylation is 1. The van der Waals surface area contributed by atoms with Crippen LogP contribution in [0.15, 0.2) is 48.9 Å². The highest BCUT2D eigenvalue weighted by atomic mass is 16.1. The molecule has 1 N–H and O–H groups in total. The number of aromatic nitrogens is 5. The Bertz CT molecular complexity index is 1600. The molecule has 1 saturated heterocycles. The van der Waals surface area contributed by atoms with Crippen LogP contribution in [0.25, 0.3) is 22.3 Å². The molecular weight excluding hydrogens is 477 g/mol. The molecule has 1 aliphatic rings. The van der Waals surface area contributed by atoms with Crippen molar-refractivity contribution in [2.24, 2.45) is 7.05 Å². The molecule has 4 aromatic rings. The number of rotatable bonds is 4. The van der Waals surface area contributed by atoms with E-state index in [9.17, 15) is 4.79 Å². The zero-order valence-electron chi connectivity index (χ0n) is 24.7. The highest BCUT2D eigenvalue weighted by Crippen LogP contribution is 2.63. The minimum atomic E-state index is -0.239. The van der Waals surface area contributed by atoms with Crippen molar-refractivity contribution in [1.29, 1.82) is 0 Å². The molecule has 188 valence electrons. The molecule has 0 radical (unpaired) electrons. The number of amides is 1. The molecule has 0 saturated carbocycles. The maximum atomic E-state index is 13.4. The molecule has 1 amide bonds. The molecule has 0 atom stereocenters. The van der Waals surface area contributed by atoms with Gasteiger partial charge in [-0.15, -0.1) is 0 Å². The summed E-state index contributed by atoms with van der Waals surface area (Å²) in [5.41, 5.74) is 3.02. The first-order valence-corrected chi connectivity index (χ1v) is 13.4. The third-order valence-electron chi connectivity index (χ3n) is 10.3. The van der Waals surface area contributed by atoms with Gasteiger partial charge in [0.15, 0.2) is 0 Å². The second-order valence-corrected chi connectivity index (χ2v) is 12.8. The van der Waals surface area contributed by atoms with E-state index in [-0.39, 0.29) is 27.0 Å². The van der Waals surface area contributed by atoms with Crippen LogP contribution in [0.2, 0.25) is 10.4 Å². The van der Waals surface area contributed by atoms with Crippen molar-refractivity contribution in [3.63, 3.8) is 0 Å². The number of pyridine rings is 3. The van der Waals surface area contributed by atoms with Crippen LogP contribution in [0.3, 0.4) is 0 Å². The van der Waals surface area contributed by atoms with Gasteiger partial charge < -0.3 is 14.8 Å². The number of carbonyl (C=O) groups is 1. The van der Waals surface area contributed by atoms with Crippen molar-refractivity contribution < 1.29 is 4.79 Å². The fraction of sp³-hybridized carbons (Fsp3) is 0.261. The van der Waals surface area contributed by atoms with Crippen LogP contribution < -0.4 is 10.2 Å². The number of hydrogen-bond acceptors (Lipinski definition) is 6. The molecule has 16 heteroatoms. The predicted molar refractivity (Wildman–Crippen MR) is 180 cm³/mol. The average Bonchev–Trinajstić information content (AvgIpc) is 3.23. The van der Waals surface area contributed by atoms with Gasteiger partial charge in [0.05, 0.1) is 54.5 Å². The lowest BCUT2D eigenvalue weighted by Crippen LogP contribution is -2.60. The second kappa shape index (κ2) is 8.86. The molecule has 1 fully saturated rings. The molecule has 4 aromatic heterocycles. The number of anilines is 2. The lowest BCUT2D eigenvalue weighted by atomic mass is 9.17. The molecule has 0 aromatic carbocycles. The Morgan fingerprint density at radius 1 is 0.872 bits per heavy atom. The topological polar surface area (TPSA) is 88.8 Å². The number of nitrogens with one attached hydrogen (secondary N) is 1. The highest BCUT2D eigenvalue weighted by molar-refractivity contribution is 6.69. The SMILES string of the molecule is BC1(B)N(c2cc(C(=O)Nc3cc4nc(-c5cnc(C)n5C)ccc4cn3)ccn2)C(B)(B)C(B)(B)C1(B)B. The Morgan fingerprint density at radius 2 is 1.54 bits per heavy atom. The summed E-state index contributed by atoms with van der Waals surface area (Å²) in [4.78, 5) is 34.2. The van der Waals surface area contributed by atoms with Gasteiger partial charge in [-0.05, 0) is 41.9 Å². The summed E-state index contributed by atoms with van der Waals surface area (Å²) in [7, 11) is 20.3. The van der Waals surface area contributed by atoms with Crippen LogP contribution in [0, 0.1) is 6.92 Å². The average molecular weight is 508 g/mol. The summed E-state index contributed by atoms with van der Waals surface area (Å²) in [6.45, 7) is 1.96. The lowest BCUT2D eigenvalue weighted by Gasteiger charge is -2.46. The third-order valence-corrected chi connectivity index (χ3v) is 10.3. The first kappa shape index (κ1) is 27.3. The smallest absolute Gasteiger partial charge is 0.257 e. The molecule has 8 nitrogen and oxygen atoms in total. The van der Waals surface area contributed by atoms with Crippen molar-refractivity contribution in [2.45, 2.75) is 28.0 Å². The minimum Gasteiger partial charge on any atom is -0.379 e. The maximum Gasteiger partial charge on any atom is 0.257 e. The van der Waals surface area contributed by atoms with Crippen LogP contribution in [-0.4, -0.2) is 104 Å². The van der Waals surface area contributed by atoms with Gasteiger partial charge in [-0.3, -0.25) is 4.79 Å². The fourth-order valence-electron chi connectivity index (χ4n) is 6.20. The third kappa shape index (κ3) is 3.97. The van der Waals surface area contributed by atoms with Gasteiger partial charge in [0.2, 0.25) is 0 Å². The van der Waals surface area contributed by atoms with E-state index in [0.29, 0.717) is 11.4 Å². The van der Waals surface area contributed by atoms with Crippen molar-refractivity contribution >= 4 is 91.2 Å². The van der Waals surface area contributed by atoms with Crippen LogP contribution in [0.5, 0.6) is 0 Å². The maximum absolute atomic E-state index is 13.4. The number of imidazole rings is 1. The van der Waals surface area contributed by atoms with Crippen molar-refractivity contribution in [1.82, 2.24) is 24.5 Å². The summed E-state index contributed by atoms with van der Waals surface area (Å²) in [5, 5.41) is 3.43. The van der Waals surface area contributed by atoms with Crippen molar-refractivity contribution in [2.75, 3.05) is 10.2 Å². The number of fused-ring (bicyclic) bond motifs is 1. The van der Waals surface area contributed by atoms with Gasteiger partial charge in [0.25, 0.3) is 5.91 Å². The van der Waals surface area contributed by atoms with Gasteiger partial charge in [0.1, 0.15) is 48.8 Å². The Kier molecular flexibility index (Phi) is 6.20. The summed E-state index contributed by atoms with van der Waals surface area (Å²) < 4.78 is 2.00. The number of hydrogen-bond donors (Lipinski definition) is 1. The minimum absolute atomic E-state index is 0.0154. The van der Waals surface area contributed by atoms with E-state index in [4.69, 9.17) is 9.97 Å². The fourth-order valence-corrected chi connectivity index (χ4v) is 6.20. The highest BCUT2D eigenvalue weighted by Gasteiger charge is 2.65. The molecule has 0 unspecified atom stereocenters. The predicted octanol–water partition coefficient (Wildman–Crippen LogP) is -4.59. The quantitative estimate of drug-likeness (QED) is 0.280. The Morgan fingerprint density at radius 3 is 2.15 bits per heavy atom. The van der Waals surface area contributed by atoms with E-state index in [0.717, 1.165) is 33.9 Å². The molecule has 1 aliphatic heterocycles. The van der Waals surface area contributed by atoms with E-state index in [1.807, 2.05) is 42.9 Å². The second-order valence-electron chi connectivity index (χ2n) is 12.8. The van der Waals surface area contributed by atoms with E-state index < -0.39 is 0 Å². The van der Waals surface area contributed by atoms with E-state index >= 15 is 0 Å². The first-order valence-electron chi connectivity index (χ1n) is 13.4. The molecular formula is C23H31B8N7O. The molecule has 5 heterocycles. The largest absolute Gasteiger partial charge is 0.379 e. The van der Waals surface area contributed by atoms with Gasteiger partial charge in [-0.1, -0.05) is 10.4 Å². The van der Waals surface area contributed by atoms with Crippen LogP contribution in [0.1, 0.15) is 16.2 Å². The van der Waals surface area contributed by atoms with Gasteiger partial charge in [-0.25, -0.2) is 19.9 Å². The molecule has 0 spiro atoms. The van der Waals surface area contributed by atoms with E-state index in [2.05, 4.69) is 83.0 Å². The number of nitrogens with zero attached hydrogens (tertiary/aromatic N) is 6. The summed E-state index contributed by atoms with van der Waals surface area (Å²) in [6.07, 6.45) is 5.26. The van der Waals surface area contributed by atoms with Crippen LogP contribution in [-0.2, 0) is 7.05 Å². The Balaban J connectivity index is 1.45. The number of carbonyl (C=O) groups excluding carboxylic acids is 1. The van der Waals surface area contributed by atoms with E-state index in [1.54, 1.807) is 24.5 Å². The van der Waals surface area contributed by atoms with Gasteiger partial charge in [-0.2, -0.15) is 0 Å². The molecule has 0 bridgehead atoms. The van der Waals surface area contributed by atoms with Crippen molar-refractivity contribution in [3.05, 3.63) is 60.3 Å². The normalized spacial score (nSPS) is 18.7. The van der Waals surface area contributed by atoms with Gasteiger partial charge in [0, 0.05) is 36.5 Å². The zero-order valence-corrected chi connectivity index (χ0v) is 24.7. The van der Waals surface area contributed by atoms with Gasteiger partial charge >= 0.3 is 0 Å². The summed E-state index contributed by atoms with van der Waals surface area (Å²) in [6, 6.07) is 9.38. The Hall–Kier alpha value is -3.29.